The van der Waals surface area contributed by atoms with Crippen LogP contribution in [0.5, 0.6) is 0 Å². The second kappa shape index (κ2) is 6.19. The van der Waals surface area contributed by atoms with Crippen molar-refractivity contribution in [2.24, 2.45) is 0 Å². The van der Waals surface area contributed by atoms with Crippen LogP contribution < -0.4 is 0 Å². The van der Waals surface area contributed by atoms with Crippen molar-refractivity contribution in [3.8, 4) is 0 Å². The molecule has 0 saturated carbocycles. The Hall–Kier alpha value is -1.36. The molecule has 0 aliphatic carbocycles. The van der Waals surface area contributed by atoms with Crippen LogP contribution in [0.1, 0.15) is 6.92 Å². The van der Waals surface area contributed by atoms with Crippen LogP contribution in [-0.4, -0.2) is 28.3 Å². The molecule has 5 heteroatoms. The van der Waals surface area contributed by atoms with Gasteiger partial charge in [-0.15, -0.1) is 0 Å². The van der Waals surface area contributed by atoms with E-state index in [1.54, 1.807) is 25.5 Å². The highest BCUT2D eigenvalue weighted by molar-refractivity contribution is 7.99. The third kappa shape index (κ3) is 4.12. The minimum atomic E-state index is -0.353. The summed E-state index contributed by atoms with van der Waals surface area (Å²) in [5.41, 5.74) is 0.438. The highest BCUT2D eigenvalue weighted by Crippen LogP contribution is 2.16. The molecule has 4 nitrogen and oxygen atoms in total. The van der Waals surface area contributed by atoms with Gasteiger partial charge in [0.1, 0.15) is 5.03 Å². The molecule has 0 radical (unpaired) electrons. The van der Waals surface area contributed by atoms with Gasteiger partial charge in [-0.05, 0) is 6.92 Å². The summed E-state index contributed by atoms with van der Waals surface area (Å²) in [6, 6.07) is 0. The second-order valence-corrected chi connectivity index (χ2v) is 3.65. The molecule has 0 amide bonds. The largest absolute Gasteiger partial charge is 0.463 e. The van der Waals surface area contributed by atoms with Gasteiger partial charge in [-0.25, -0.2) is 9.78 Å². The van der Waals surface area contributed by atoms with Gasteiger partial charge in [0.15, 0.2) is 0 Å². The van der Waals surface area contributed by atoms with Gasteiger partial charge < -0.3 is 4.74 Å². The number of carbonyl (C=O) groups excluding carboxylic acids is 1. The average Bonchev–Trinajstić information content (AvgIpc) is 2.27. The summed E-state index contributed by atoms with van der Waals surface area (Å²) in [4.78, 5) is 19.2. The van der Waals surface area contributed by atoms with Crippen LogP contribution >= 0.6 is 11.8 Å². The topological polar surface area (TPSA) is 52.1 Å². The van der Waals surface area contributed by atoms with Crippen LogP contribution in [0, 0.1) is 0 Å². The van der Waals surface area contributed by atoms with Crippen molar-refractivity contribution in [1.29, 1.82) is 0 Å². The lowest BCUT2D eigenvalue weighted by Gasteiger charge is -2.03. The second-order valence-electron chi connectivity index (χ2n) is 2.66. The molecule has 0 atom stereocenters. The van der Waals surface area contributed by atoms with Crippen LogP contribution in [0.4, 0.5) is 0 Å². The lowest BCUT2D eigenvalue weighted by atomic mass is 10.4. The molecule has 0 unspecified atom stereocenters. The summed E-state index contributed by atoms with van der Waals surface area (Å²) in [6.07, 6.45) is 4.85. The van der Waals surface area contributed by atoms with Crippen molar-refractivity contribution < 1.29 is 9.53 Å². The molecular weight excluding hydrogens is 212 g/mol. The van der Waals surface area contributed by atoms with Gasteiger partial charge >= 0.3 is 5.97 Å². The van der Waals surface area contributed by atoms with Crippen LogP contribution in [0.25, 0.3) is 0 Å². The zero-order chi connectivity index (χ0) is 11.1. The minimum absolute atomic E-state index is 0.353. The van der Waals surface area contributed by atoms with E-state index in [1.165, 1.54) is 11.8 Å². The van der Waals surface area contributed by atoms with Gasteiger partial charge in [-0.2, -0.15) is 0 Å². The molecule has 0 bridgehead atoms. The molecule has 80 valence electrons. The van der Waals surface area contributed by atoms with Crippen molar-refractivity contribution in [2.45, 2.75) is 11.9 Å². The highest BCUT2D eigenvalue weighted by Gasteiger charge is 2.08. The number of carbonyl (C=O) groups is 1. The number of hydrogen-bond donors (Lipinski definition) is 0. The summed E-state index contributed by atoms with van der Waals surface area (Å²) in [5, 5.41) is 0.767. The van der Waals surface area contributed by atoms with Gasteiger partial charge in [0, 0.05) is 23.7 Å². The summed E-state index contributed by atoms with van der Waals surface area (Å²) in [6.45, 7) is 5.78. The zero-order valence-corrected chi connectivity index (χ0v) is 9.29. The van der Waals surface area contributed by atoms with Gasteiger partial charge in [-0.1, -0.05) is 18.3 Å². The van der Waals surface area contributed by atoms with Crippen molar-refractivity contribution >= 4 is 17.7 Å². The van der Waals surface area contributed by atoms with Crippen molar-refractivity contribution in [1.82, 2.24) is 9.97 Å². The molecule has 1 heterocycles. The van der Waals surface area contributed by atoms with Crippen LogP contribution in [-0.2, 0) is 9.53 Å². The first-order valence-electron chi connectivity index (χ1n) is 4.47. The fourth-order valence-electron chi connectivity index (χ4n) is 0.813. The average molecular weight is 224 g/mol. The number of aromatic nitrogens is 2. The molecule has 0 N–H and O–H groups in total. The van der Waals surface area contributed by atoms with E-state index in [0.717, 1.165) is 5.03 Å². The lowest BCUT2D eigenvalue weighted by molar-refractivity contribution is -0.138. The standard InChI is InChI=1S/C10H12N2O2S/c1-3-14-10(13)8(2)7-15-9-6-11-4-5-12-9/h4-6H,2-3,7H2,1H3. The molecule has 15 heavy (non-hydrogen) atoms. The number of thioether (sulfide) groups is 1. The Kier molecular flexibility index (Phi) is 4.83. The first-order valence-corrected chi connectivity index (χ1v) is 5.46. The molecule has 1 aromatic rings. The highest BCUT2D eigenvalue weighted by atomic mass is 32.2. The molecule has 0 aliphatic heterocycles. The predicted molar refractivity (Wildman–Crippen MR) is 58.5 cm³/mol. The molecule has 0 fully saturated rings. The molecular formula is C10H12N2O2S. The quantitative estimate of drug-likeness (QED) is 0.433. The SMILES string of the molecule is C=C(CSc1cnccn1)C(=O)OCC. The maximum Gasteiger partial charge on any atom is 0.334 e. The molecule has 1 aromatic heterocycles. The first kappa shape index (κ1) is 11.7. The normalized spacial score (nSPS) is 9.67. The summed E-state index contributed by atoms with van der Waals surface area (Å²) < 4.78 is 4.80. The Morgan fingerprint density at radius 1 is 1.60 bits per heavy atom. The van der Waals surface area contributed by atoms with E-state index in [-0.39, 0.29) is 5.97 Å². The number of ether oxygens (including phenoxy) is 1. The Bertz CT molecular complexity index is 341. The number of rotatable bonds is 5. The number of hydrogen-bond acceptors (Lipinski definition) is 5. The van der Waals surface area contributed by atoms with Gasteiger partial charge in [0.2, 0.25) is 0 Å². The molecule has 0 aliphatic rings. The first-order chi connectivity index (χ1) is 7.24. The van der Waals surface area contributed by atoms with E-state index in [1.807, 2.05) is 0 Å². The maximum atomic E-state index is 11.2. The maximum absolute atomic E-state index is 11.2. The van der Waals surface area contributed by atoms with E-state index in [0.29, 0.717) is 17.9 Å². The molecule has 0 saturated heterocycles. The Morgan fingerprint density at radius 3 is 3.00 bits per heavy atom. The van der Waals surface area contributed by atoms with E-state index in [4.69, 9.17) is 4.74 Å². The van der Waals surface area contributed by atoms with Gasteiger partial charge in [0.25, 0.3) is 0 Å². The van der Waals surface area contributed by atoms with Gasteiger partial charge in [-0.3, -0.25) is 4.98 Å². The van der Waals surface area contributed by atoms with Crippen molar-refractivity contribution in [3.05, 3.63) is 30.7 Å². The lowest BCUT2D eigenvalue weighted by Crippen LogP contribution is -2.08. The van der Waals surface area contributed by atoms with Gasteiger partial charge in [0.05, 0.1) is 12.8 Å². The van der Waals surface area contributed by atoms with Crippen LogP contribution in [0.2, 0.25) is 0 Å². The van der Waals surface area contributed by atoms with Crippen LogP contribution in [0.15, 0.2) is 35.8 Å². The summed E-state index contributed by atoms with van der Waals surface area (Å²) in [7, 11) is 0. The fourth-order valence-corrected chi connectivity index (χ4v) is 1.52. The zero-order valence-electron chi connectivity index (χ0n) is 8.47. The number of esters is 1. The van der Waals surface area contributed by atoms with Crippen molar-refractivity contribution in [2.75, 3.05) is 12.4 Å². The van der Waals surface area contributed by atoms with E-state index >= 15 is 0 Å². The third-order valence-corrected chi connectivity index (χ3v) is 2.50. The smallest absolute Gasteiger partial charge is 0.334 e. The Morgan fingerprint density at radius 2 is 2.40 bits per heavy atom. The van der Waals surface area contributed by atoms with E-state index < -0.39 is 0 Å². The van der Waals surface area contributed by atoms with E-state index in [9.17, 15) is 4.79 Å². The Labute approximate surface area is 92.8 Å². The van der Waals surface area contributed by atoms with Crippen molar-refractivity contribution in [3.63, 3.8) is 0 Å². The predicted octanol–water partition coefficient (Wildman–Crippen LogP) is 1.69. The molecule has 0 aromatic carbocycles. The summed E-state index contributed by atoms with van der Waals surface area (Å²) >= 11 is 1.41. The minimum Gasteiger partial charge on any atom is -0.463 e. The third-order valence-electron chi connectivity index (χ3n) is 1.50. The Balaban J connectivity index is 2.38. The fraction of sp³-hybridized carbons (Fsp3) is 0.300. The molecule has 0 spiro atoms. The van der Waals surface area contributed by atoms with Crippen LogP contribution in [0.3, 0.4) is 0 Å². The molecule has 1 rings (SSSR count). The summed E-state index contributed by atoms with van der Waals surface area (Å²) in [5.74, 6) is 0.117. The van der Waals surface area contributed by atoms with E-state index in [2.05, 4.69) is 16.5 Å². The monoisotopic (exact) mass is 224 g/mol. The number of nitrogens with zero attached hydrogens (tertiary/aromatic N) is 2.